The number of thiazole rings is 1. The second kappa shape index (κ2) is 4.57. The molecular weight excluding hydrogens is 262 g/mol. The van der Waals surface area contributed by atoms with E-state index in [2.05, 4.69) is 4.98 Å². The molecule has 0 fully saturated rings. The van der Waals surface area contributed by atoms with Crippen LogP contribution in [0.5, 0.6) is 5.75 Å². The quantitative estimate of drug-likeness (QED) is 0.863. The van der Waals surface area contributed by atoms with Crippen LogP contribution in [-0.2, 0) is 0 Å². The fourth-order valence-corrected chi connectivity index (χ4v) is 1.79. The molecule has 0 spiro atoms. The maximum Gasteiger partial charge on any atom is 0.125 e. The van der Waals surface area contributed by atoms with E-state index in [9.17, 15) is 5.11 Å². The molecule has 0 aliphatic rings. The summed E-state index contributed by atoms with van der Waals surface area (Å²) in [6, 6.07) is 7.23. The summed E-state index contributed by atoms with van der Waals surface area (Å²) in [5.74, 6) is 0.285. The van der Waals surface area contributed by atoms with E-state index in [1.165, 1.54) is 0 Å². The Hall–Kier alpha value is -0.870. The summed E-state index contributed by atoms with van der Waals surface area (Å²) >= 11 is 1.59. The molecule has 1 heterocycles. The molecule has 0 atom stereocenters. The number of para-hydroxylation sites is 1. The van der Waals surface area contributed by atoms with Crippen molar-refractivity contribution in [3.8, 4) is 17.0 Å². The van der Waals surface area contributed by atoms with Crippen LogP contribution >= 0.6 is 28.3 Å². The first-order valence-electron chi connectivity index (χ1n) is 3.98. The van der Waals surface area contributed by atoms with Gasteiger partial charge < -0.3 is 5.11 Å². The number of hydrogen-bond donors (Lipinski definition) is 1. The minimum atomic E-state index is 0. The van der Waals surface area contributed by atoms with Gasteiger partial charge in [-0.15, -0.1) is 28.3 Å². The van der Waals surface area contributed by atoms with Crippen LogP contribution in [0.2, 0.25) is 0 Å². The molecule has 1 aromatic heterocycles. The van der Waals surface area contributed by atoms with E-state index < -0.39 is 0 Å². The number of benzene rings is 1. The molecule has 0 saturated carbocycles. The molecule has 14 heavy (non-hydrogen) atoms. The number of phenols is 1. The van der Waals surface area contributed by atoms with Crippen molar-refractivity contribution in [1.29, 1.82) is 0 Å². The molecule has 2 aromatic rings. The second-order valence-electron chi connectivity index (χ2n) is 2.77. The summed E-state index contributed by atoms with van der Waals surface area (Å²) in [6.45, 7) is 1.95. The van der Waals surface area contributed by atoms with Crippen molar-refractivity contribution in [2.45, 2.75) is 6.92 Å². The smallest absolute Gasteiger partial charge is 0.125 e. The zero-order valence-corrected chi connectivity index (χ0v) is 10.1. The predicted molar refractivity (Wildman–Crippen MR) is 64.3 cm³/mol. The highest BCUT2D eigenvalue weighted by Gasteiger charge is 2.05. The summed E-state index contributed by atoms with van der Waals surface area (Å²) in [7, 11) is 0. The van der Waals surface area contributed by atoms with Crippen molar-refractivity contribution < 1.29 is 5.11 Å². The van der Waals surface area contributed by atoms with Crippen LogP contribution in [0, 0.1) is 6.92 Å². The van der Waals surface area contributed by atoms with Crippen LogP contribution in [0.15, 0.2) is 29.6 Å². The number of halogens is 1. The first-order valence-corrected chi connectivity index (χ1v) is 4.86. The van der Waals surface area contributed by atoms with Crippen LogP contribution in [0.1, 0.15) is 5.01 Å². The average molecular weight is 272 g/mol. The lowest BCUT2D eigenvalue weighted by Gasteiger charge is -1.98. The number of hydrogen-bond acceptors (Lipinski definition) is 3. The highest BCUT2D eigenvalue weighted by atomic mass is 79.9. The van der Waals surface area contributed by atoms with Crippen LogP contribution in [-0.4, -0.2) is 10.1 Å². The van der Waals surface area contributed by atoms with Crippen LogP contribution in [0.25, 0.3) is 11.3 Å². The SMILES string of the molecule is Br.Cc1nc(-c2ccccc2O)cs1. The number of nitrogens with zero attached hydrogens (tertiary/aromatic N) is 1. The van der Waals surface area contributed by atoms with Crippen LogP contribution < -0.4 is 0 Å². The zero-order valence-electron chi connectivity index (χ0n) is 7.60. The van der Waals surface area contributed by atoms with Gasteiger partial charge in [-0.1, -0.05) is 12.1 Å². The second-order valence-corrected chi connectivity index (χ2v) is 3.83. The van der Waals surface area contributed by atoms with Gasteiger partial charge in [0.2, 0.25) is 0 Å². The van der Waals surface area contributed by atoms with E-state index in [0.29, 0.717) is 0 Å². The summed E-state index contributed by atoms with van der Waals surface area (Å²) < 4.78 is 0. The lowest BCUT2D eigenvalue weighted by Crippen LogP contribution is -1.78. The molecule has 0 aliphatic carbocycles. The Morgan fingerprint density at radius 1 is 1.29 bits per heavy atom. The lowest BCUT2D eigenvalue weighted by atomic mass is 10.1. The molecule has 1 N–H and O–H groups in total. The van der Waals surface area contributed by atoms with E-state index in [0.717, 1.165) is 16.3 Å². The molecule has 2 nitrogen and oxygen atoms in total. The Morgan fingerprint density at radius 2 is 2.00 bits per heavy atom. The topological polar surface area (TPSA) is 33.1 Å². The van der Waals surface area contributed by atoms with E-state index in [4.69, 9.17) is 0 Å². The van der Waals surface area contributed by atoms with Gasteiger partial charge in [-0.05, 0) is 19.1 Å². The monoisotopic (exact) mass is 271 g/mol. The van der Waals surface area contributed by atoms with Gasteiger partial charge in [0.05, 0.1) is 10.7 Å². The molecule has 74 valence electrons. The summed E-state index contributed by atoms with van der Waals surface area (Å²) in [4.78, 5) is 4.30. The van der Waals surface area contributed by atoms with Gasteiger partial charge in [0, 0.05) is 10.9 Å². The van der Waals surface area contributed by atoms with Gasteiger partial charge in [-0.2, -0.15) is 0 Å². The predicted octanol–water partition coefficient (Wildman–Crippen LogP) is 3.40. The number of rotatable bonds is 1. The number of aromatic nitrogens is 1. The molecule has 0 bridgehead atoms. The minimum absolute atomic E-state index is 0. The van der Waals surface area contributed by atoms with Gasteiger partial charge in [0.25, 0.3) is 0 Å². The Labute approximate surface area is 97.0 Å². The maximum atomic E-state index is 9.54. The molecule has 0 saturated heterocycles. The third-order valence-electron chi connectivity index (χ3n) is 1.80. The number of aromatic hydroxyl groups is 1. The van der Waals surface area contributed by atoms with Gasteiger partial charge in [0.15, 0.2) is 0 Å². The van der Waals surface area contributed by atoms with Crippen LogP contribution in [0.4, 0.5) is 0 Å². The van der Waals surface area contributed by atoms with E-state index in [-0.39, 0.29) is 22.7 Å². The average Bonchev–Trinajstić information content (AvgIpc) is 2.53. The van der Waals surface area contributed by atoms with Gasteiger partial charge in [-0.3, -0.25) is 0 Å². The fourth-order valence-electron chi connectivity index (χ4n) is 1.18. The fraction of sp³-hybridized carbons (Fsp3) is 0.100. The molecule has 0 unspecified atom stereocenters. The number of phenolic OH excluding ortho intramolecular Hbond substituents is 1. The Morgan fingerprint density at radius 3 is 2.57 bits per heavy atom. The Kier molecular flexibility index (Phi) is 3.66. The molecular formula is C10H10BrNOS. The van der Waals surface area contributed by atoms with E-state index >= 15 is 0 Å². The third-order valence-corrected chi connectivity index (χ3v) is 2.57. The molecule has 0 amide bonds. The molecule has 1 aromatic carbocycles. The van der Waals surface area contributed by atoms with Crippen LogP contribution in [0.3, 0.4) is 0 Å². The molecule has 2 rings (SSSR count). The summed E-state index contributed by atoms with van der Waals surface area (Å²) in [5.41, 5.74) is 1.65. The van der Waals surface area contributed by atoms with Gasteiger partial charge >= 0.3 is 0 Å². The first-order chi connectivity index (χ1) is 6.27. The summed E-state index contributed by atoms with van der Waals surface area (Å²) in [6.07, 6.45) is 0. The molecule has 0 radical (unpaired) electrons. The highest BCUT2D eigenvalue weighted by molar-refractivity contribution is 8.93. The lowest BCUT2D eigenvalue weighted by molar-refractivity contribution is 0.477. The number of aryl methyl sites for hydroxylation is 1. The summed E-state index contributed by atoms with van der Waals surface area (Å²) in [5, 5.41) is 12.5. The first kappa shape index (κ1) is 11.2. The van der Waals surface area contributed by atoms with Gasteiger partial charge in [-0.25, -0.2) is 4.98 Å². The van der Waals surface area contributed by atoms with E-state index in [1.54, 1.807) is 23.5 Å². The third kappa shape index (κ3) is 2.13. The van der Waals surface area contributed by atoms with Crippen molar-refractivity contribution in [3.63, 3.8) is 0 Å². The van der Waals surface area contributed by atoms with Crippen molar-refractivity contribution >= 4 is 28.3 Å². The van der Waals surface area contributed by atoms with Crippen molar-refractivity contribution in [2.24, 2.45) is 0 Å². The largest absolute Gasteiger partial charge is 0.507 e. The van der Waals surface area contributed by atoms with E-state index in [1.807, 2.05) is 24.4 Å². The maximum absolute atomic E-state index is 9.54. The van der Waals surface area contributed by atoms with Gasteiger partial charge in [0.1, 0.15) is 5.75 Å². The Bertz CT molecular complexity index is 428. The normalized spacial score (nSPS) is 9.50. The van der Waals surface area contributed by atoms with Crippen molar-refractivity contribution in [1.82, 2.24) is 4.98 Å². The molecule has 0 aliphatic heterocycles. The Balaban J connectivity index is 0.000000980. The minimum Gasteiger partial charge on any atom is -0.507 e. The highest BCUT2D eigenvalue weighted by Crippen LogP contribution is 2.28. The molecule has 4 heteroatoms. The zero-order chi connectivity index (χ0) is 9.26. The van der Waals surface area contributed by atoms with Crippen molar-refractivity contribution in [2.75, 3.05) is 0 Å². The van der Waals surface area contributed by atoms with Crippen molar-refractivity contribution in [3.05, 3.63) is 34.7 Å². The standard InChI is InChI=1S/C10H9NOS.BrH/c1-7-11-9(6-13-7)8-4-2-3-5-10(8)12;/h2-6,12H,1H3;1H.